The van der Waals surface area contributed by atoms with Crippen LogP contribution >= 0.6 is 0 Å². The number of hydrogen-bond acceptors (Lipinski definition) is 0. The number of fused-ring (bicyclic) bond motifs is 3. The van der Waals surface area contributed by atoms with Crippen LogP contribution in [0.15, 0.2) is 65.3 Å². The van der Waals surface area contributed by atoms with Crippen molar-refractivity contribution < 1.29 is 0 Å². The van der Waals surface area contributed by atoms with Gasteiger partial charge in [-0.25, -0.2) is 0 Å². The molecule has 0 spiro atoms. The summed E-state index contributed by atoms with van der Waals surface area (Å²) in [5.41, 5.74) is 15.4. The average Bonchev–Trinajstić information content (AvgIpc) is 2.63. The van der Waals surface area contributed by atoms with Crippen LogP contribution < -0.4 is 0 Å². The van der Waals surface area contributed by atoms with Gasteiger partial charge in [-0.3, -0.25) is 0 Å². The van der Waals surface area contributed by atoms with E-state index in [1.54, 1.807) is 0 Å². The van der Waals surface area contributed by atoms with Crippen molar-refractivity contribution in [3.8, 4) is 0 Å². The van der Waals surface area contributed by atoms with Crippen LogP contribution in [0, 0.1) is 23.2 Å². The van der Waals surface area contributed by atoms with Crippen LogP contribution in [-0.2, 0) is 11.8 Å². The van der Waals surface area contributed by atoms with E-state index in [9.17, 15) is 0 Å². The van der Waals surface area contributed by atoms with Gasteiger partial charge in [0.25, 0.3) is 0 Å². The van der Waals surface area contributed by atoms with Crippen molar-refractivity contribution in [3.05, 3.63) is 87.6 Å². The zero-order valence-corrected chi connectivity index (χ0v) is 22.9. The van der Waals surface area contributed by atoms with Gasteiger partial charge in [-0.05, 0) is 108 Å². The predicted molar refractivity (Wildman–Crippen MR) is 146 cm³/mol. The van der Waals surface area contributed by atoms with Gasteiger partial charge in [-0.2, -0.15) is 0 Å². The largest absolute Gasteiger partial charge is 0.0955 e. The van der Waals surface area contributed by atoms with Crippen LogP contribution in [0.5, 0.6) is 0 Å². The molecule has 3 aliphatic carbocycles. The number of rotatable bonds is 1. The number of benzene rings is 1. The fraction of sp³-hybridized carbons (Fsp3) is 0.515. The quantitative estimate of drug-likeness (QED) is 0.408. The van der Waals surface area contributed by atoms with Crippen molar-refractivity contribution in [1.29, 1.82) is 0 Å². The molecule has 0 aliphatic heterocycles. The summed E-state index contributed by atoms with van der Waals surface area (Å²) in [6, 6.07) is 4.77. The summed E-state index contributed by atoms with van der Waals surface area (Å²) in [5, 5.41) is 0. The Morgan fingerprint density at radius 1 is 0.970 bits per heavy atom. The van der Waals surface area contributed by atoms with Gasteiger partial charge < -0.3 is 0 Å². The molecular weight excluding hydrogens is 396 g/mol. The van der Waals surface area contributed by atoms with E-state index in [0.29, 0.717) is 0 Å². The molecule has 0 saturated carbocycles. The third-order valence-electron chi connectivity index (χ3n) is 9.67. The fourth-order valence-corrected chi connectivity index (χ4v) is 8.35. The first-order valence-corrected chi connectivity index (χ1v) is 12.6. The molecule has 3 aliphatic rings. The first-order valence-electron chi connectivity index (χ1n) is 12.6. The van der Waals surface area contributed by atoms with E-state index in [-0.39, 0.29) is 21.7 Å². The van der Waals surface area contributed by atoms with Gasteiger partial charge in [0.2, 0.25) is 0 Å². The molecule has 176 valence electrons. The van der Waals surface area contributed by atoms with Gasteiger partial charge in [0.05, 0.1) is 0 Å². The Kier molecular flexibility index (Phi) is 5.08. The summed E-state index contributed by atoms with van der Waals surface area (Å²) in [5.74, 6) is 0. The average molecular weight is 441 g/mol. The lowest BCUT2D eigenvalue weighted by Gasteiger charge is -2.62. The van der Waals surface area contributed by atoms with E-state index >= 15 is 0 Å². The van der Waals surface area contributed by atoms with E-state index in [1.165, 1.54) is 55.7 Å². The van der Waals surface area contributed by atoms with Gasteiger partial charge in [-0.1, -0.05) is 90.1 Å². The SMILES string of the molecule is C=C(C)C1=C(C)C[C@@]2(C)C[C@@]3(C)Cc4ccc(C(C)(C)C)c(C)c4C(=C)C3=C(C)[C@@]2(C)C1=C. The smallest absolute Gasteiger partial charge is 0.0194 e. The van der Waals surface area contributed by atoms with Crippen molar-refractivity contribution in [2.75, 3.05) is 0 Å². The maximum atomic E-state index is 4.79. The summed E-state index contributed by atoms with van der Waals surface area (Å²) < 4.78 is 0. The fourth-order valence-electron chi connectivity index (χ4n) is 8.35. The van der Waals surface area contributed by atoms with E-state index in [4.69, 9.17) is 13.2 Å². The van der Waals surface area contributed by atoms with Crippen LogP contribution in [0.3, 0.4) is 0 Å². The third kappa shape index (κ3) is 3.02. The molecule has 0 N–H and O–H groups in total. The monoisotopic (exact) mass is 440 g/mol. The highest BCUT2D eigenvalue weighted by Gasteiger charge is 2.59. The lowest BCUT2D eigenvalue weighted by atomic mass is 9.41. The highest BCUT2D eigenvalue weighted by molar-refractivity contribution is 5.87. The molecule has 3 atom stereocenters. The Bertz CT molecular complexity index is 1190. The van der Waals surface area contributed by atoms with E-state index in [0.717, 1.165) is 24.8 Å². The number of hydrogen-bond donors (Lipinski definition) is 0. The van der Waals surface area contributed by atoms with E-state index < -0.39 is 0 Å². The lowest BCUT2D eigenvalue weighted by molar-refractivity contribution is 0.0544. The molecule has 0 amide bonds. The summed E-state index contributed by atoms with van der Waals surface area (Å²) in [4.78, 5) is 0. The van der Waals surface area contributed by atoms with Crippen LogP contribution in [0.1, 0.15) is 97.4 Å². The molecule has 1 aromatic carbocycles. The maximum absolute atomic E-state index is 4.79. The zero-order chi connectivity index (χ0) is 24.9. The molecule has 0 heterocycles. The molecule has 0 heteroatoms. The lowest BCUT2D eigenvalue weighted by Crippen LogP contribution is -2.52. The van der Waals surface area contributed by atoms with Gasteiger partial charge in [0.1, 0.15) is 0 Å². The summed E-state index contributed by atoms with van der Waals surface area (Å²) >= 11 is 0. The Hall–Kier alpha value is -2.08. The van der Waals surface area contributed by atoms with E-state index in [1.807, 2.05) is 0 Å². The second kappa shape index (κ2) is 6.97. The Labute approximate surface area is 203 Å². The molecule has 0 saturated heterocycles. The van der Waals surface area contributed by atoms with Crippen molar-refractivity contribution in [2.24, 2.45) is 16.2 Å². The maximum Gasteiger partial charge on any atom is 0.0194 e. The highest BCUT2D eigenvalue weighted by Crippen LogP contribution is 2.70. The summed E-state index contributed by atoms with van der Waals surface area (Å²) in [6.45, 7) is 37.4. The van der Waals surface area contributed by atoms with Crippen molar-refractivity contribution in [3.63, 3.8) is 0 Å². The first-order chi connectivity index (χ1) is 15.0. The Morgan fingerprint density at radius 3 is 2.12 bits per heavy atom. The first kappa shape index (κ1) is 24.1. The van der Waals surface area contributed by atoms with Crippen molar-refractivity contribution in [1.82, 2.24) is 0 Å². The zero-order valence-electron chi connectivity index (χ0n) is 22.9. The van der Waals surface area contributed by atoms with Gasteiger partial charge >= 0.3 is 0 Å². The molecule has 1 aromatic rings. The van der Waals surface area contributed by atoms with Gasteiger partial charge in [0.15, 0.2) is 0 Å². The van der Waals surface area contributed by atoms with Crippen LogP contribution in [-0.4, -0.2) is 0 Å². The predicted octanol–water partition coefficient (Wildman–Crippen LogP) is 9.45. The Morgan fingerprint density at radius 2 is 1.58 bits per heavy atom. The molecule has 0 radical (unpaired) electrons. The minimum Gasteiger partial charge on any atom is -0.0955 e. The van der Waals surface area contributed by atoms with Gasteiger partial charge in [-0.15, -0.1) is 0 Å². The van der Waals surface area contributed by atoms with Crippen molar-refractivity contribution in [2.45, 2.75) is 93.9 Å². The molecule has 4 rings (SSSR count). The molecule has 33 heavy (non-hydrogen) atoms. The summed E-state index contributed by atoms with van der Waals surface area (Å²) in [7, 11) is 0. The third-order valence-corrected chi connectivity index (χ3v) is 9.67. The normalized spacial score (nSPS) is 31.9. The van der Waals surface area contributed by atoms with Crippen LogP contribution in [0.4, 0.5) is 0 Å². The van der Waals surface area contributed by atoms with E-state index in [2.05, 4.69) is 87.9 Å². The van der Waals surface area contributed by atoms with Crippen LogP contribution in [0.25, 0.3) is 5.57 Å². The molecule has 0 nitrogen and oxygen atoms in total. The molecule has 0 fully saturated rings. The number of allylic oxidation sites excluding steroid dienone is 7. The molecule has 0 bridgehead atoms. The standard InChI is InChI=1S/C33H44/c1-19(2)27-20(3)16-32(12)18-31(11)17-25-14-15-26(30(8,9)10)21(4)28(25)22(5)29(31)24(7)33(32,13)23(27)6/h14-15H,1,5-6,16-18H2,2-4,7-13H3/t31-,32+,33-/m1/s1. The minimum absolute atomic E-state index is 0.0916. The second-order valence-electron chi connectivity index (χ2n) is 13.2. The highest BCUT2D eigenvalue weighted by atomic mass is 14.6. The topological polar surface area (TPSA) is 0 Å². The second-order valence-corrected chi connectivity index (χ2v) is 13.2. The summed E-state index contributed by atoms with van der Waals surface area (Å²) in [6.07, 6.45) is 3.35. The molecule has 0 unspecified atom stereocenters. The molecule has 0 aromatic heterocycles. The van der Waals surface area contributed by atoms with Crippen molar-refractivity contribution >= 4 is 5.57 Å². The van der Waals surface area contributed by atoms with Gasteiger partial charge in [0, 0.05) is 5.41 Å². The minimum atomic E-state index is -0.0916. The Balaban J connectivity index is 2.00. The molecular formula is C33H44. The van der Waals surface area contributed by atoms with Crippen LogP contribution in [0.2, 0.25) is 0 Å².